The van der Waals surface area contributed by atoms with E-state index in [0.717, 1.165) is 6.07 Å². The topological polar surface area (TPSA) is 61.3 Å². The van der Waals surface area contributed by atoms with Crippen LogP contribution in [-0.4, -0.2) is 40.8 Å². The van der Waals surface area contributed by atoms with Gasteiger partial charge in [0.1, 0.15) is 5.82 Å². The second kappa shape index (κ2) is 5.20. The summed E-state index contributed by atoms with van der Waals surface area (Å²) in [6, 6.07) is 0.916. The second-order valence-corrected chi connectivity index (χ2v) is 4.35. The number of aliphatic hydroxyl groups is 1. The average Bonchev–Trinajstić information content (AvgIpc) is 2.75. The summed E-state index contributed by atoms with van der Waals surface area (Å²) in [5.41, 5.74) is -0.977. The number of hydrogen-bond donors (Lipinski definition) is 2. The van der Waals surface area contributed by atoms with E-state index in [1.165, 1.54) is 0 Å². The first-order valence-electron chi connectivity index (χ1n) is 6.03. The van der Waals surface area contributed by atoms with Crippen molar-refractivity contribution in [2.24, 2.45) is 0 Å². The summed E-state index contributed by atoms with van der Waals surface area (Å²) in [6.07, 6.45) is -4.51. The minimum Gasteiger partial charge on any atom is -0.391 e. The van der Waals surface area contributed by atoms with Gasteiger partial charge in [0.05, 0.1) is 6.10 Å². The fourth-order valence-electron chi connectivity index (χ4n) is 1.93. The molecule has 0 saturated carbocycles. The molecule has 0 aromatic carbocycles. The molecular formula is C11H15F3N4O. The SMILES string of the molecule is CCNc1nc(N2CCC(O)C2)cc(C(F)(F)F)n1. The summed E-state index contributed by atoms with van der Waals surface area (Å²) < 4.78 is 38.3. The molecule has 2 N–H and O–H groups in total. The highest BCUT2D eigenvalue weighted by molar-refractivity contribution is 5.46. The molecule has 0 aliphatic carbocycles. The van der Waals surface area contributed by atoms with Crippen LogP contribution in [0.5, 0.6) is 0 Å². The summed E-state index contributed by atoms with van der Waals surface area (Å²) >= 11 is 0. The molecule has 1 aliphatic heterocycles. The Morgan fingerprint density at radius 2 is 2.21 bits per heavy atom. The fourth-order valence-corrected chi connectivity index (χ4v) is 1.93. The minimum atomic E-state index is -4.51. The Hall–Kier alpha value is -1.57. The van der Waals surface area contributed by atoms with Crippen molar-refractivity contribution >= 4 is 11.8 Å². The molecule has 19 heavy (non-hydrogen) atoms. The first-order chi connectivity index (χ1) is 8.90. The second-order valence-electron chi connectivity index (χ2n) is 4.35. The molecule has 5 nitrogen and oxygen atoms in total. The maximum absolute atomic E-state index is 12.8. The highest BCUT2D eigenvalue weighted by Crippen LogP contribution is 2.31. The third-order valence-electron chi connectivity index (χ3n) is 2.83. The molecule has 0 bridgehead atoms. The van der Waals surface area contributed by atoms with Crippen LogP contribution in [0.15, 0.2) is 6.07 Å². The van der Waals surface area contributed by atoms with Gasteiger partial charge in [-0.05, 0) is 13.3 Å². The Morgan fingerprint density at radius 3 is 2.74 bits per heavy atom. The van der Waals surface area contributed by atoms with Crippen LogP contribution in [0.2, 0.25) is 0 Å². The van der Waals surface area contributed by atoms with Crippen molar-refractivity contribution in [1.29, 1.82) is 0 Å². The Kier molecular flexibility index (Phi) is 3.79. The Morgan fingerprint density at radius 1 is 1.47 bits per heavy atom. The number of nitrogens with one attached hydrogen (secondary N) is 1. The molecule has 0 radical (unpaired) electrons. The lowest BCUT2D eigenvalue weighted by molar-refractivity contribution is -0.141. The monoisotopic (exact) mass is 276 g/mol. The van der Waals surface area contributed by atoms with Crippen molar-refractivity contribution in [3.05, 3.63) is 11.8 Å². The number of hydrogen-bond acceptors (Lipinski definition) is 5. The fraction of sp³-hybridized carbons (Fsp3) is 0.636. The van der Waals surface area contributed by atoms with Crippen molar-refractivity contribution in [3.63, 3.8) is 0 Å². The third-order valence-corrected chi connectivity index (χ3v) is 2.83. The average molecular weight is 276 g/mol. The van der Waals surface area contributed by atoms with Crippen LogP contribution in [0.4, 0.5) is 24.9 Å². The summed E-state index contributed by atoms with van der Waals surface area (Å²) in [6.45, 7) is 2.97. The van der Waals surface area contributed by atoms with Crippen molar-refractivity contribution in [2.45, 2.75) is 25.6 Å². The van der Waals surface area contributed by atoms with Crippen molar-refractivity contribution in [3.8, 4) is 0 Å². The lowest BCUT2D eigenvalue weighted by Gasteiger charge is -2.19. The Labute approximate surface area is 108 Å². The first kappa shape index (κ1) is 13.9. The largest absolute Gasteiger partial charge is 0.433 e. The zero-order chi connectivity index (χ0) is 14.0. The normalized spacial score (nSPS) is 19.8. The van der Waals surface area contributed by atoms with Gasteiger partial charge in [-0.1, -0.05) is 0 Å². The molecular weight excluding hydrogens is 261 g/mol. The van der Waals surface area contributed by atoms with Crippen molar-refractivity contribution in [2.75, 3.05) is 29.9 Å². The number of aliphatic hydroxyl groups excluding tert-OH is 1. The van der Waals surface area contributed by atoms with E-state index < -0.39 is 18.0 Å². The van der Waals surface area contributed by atoms with Gasteiger partial charge in [0.15, 0.2) is 5.69 Å². The van der Waals surface area contributed by atoms with Gasteiger partial charge in [0, 0.05) is 25.7 Å². The zero-order valence-corrected chi connectivity index (χ0v) is 10.4. The smallest absolute Gasteiger partial charge is 0.391 e. The van der Waals surface area contributed by atoms with Crippen molar-refractivity contribution < 1.29 is 18.3 Å². The van der Waals surface area contributed by atoms with E-state index in [0.29, 0.717) is 26.1 Å². The van der Waals surface area contributed by atoms with Gasteiger partial charge in [0.2, 0.25) is 5.95 Å². The van der Waals surface area contributed by atoms with Crippen LogP contribution in [0.3, 0.4) is 0 Å². The van der Waals surface area contributed by atoms with Crippen molar-refractivity contribution in [1.82, 2.24) is 9.97 Å². The number of nitrogens with zero attached hydrogens (tertiary/aromatic N) is 3. The number of halogens is 3. The number of anilines is 2. The number of rotatable bonds is 3. The lowest BCUT2D eigenvalue weighted by Crippen LogP contribution is -2.24. The van der Waals surface area contributed by atoms with Crippen LogP contribution < -0.4 is 10.2 Å². The Balaban J connectivity index is 2.34. The van der Waals surface area contributed by atoms with Gasteiger partial charge in [-0.25, -0.2) is 4.98 Å². The lowest BCUT2D eigenvalue weighted by atomic mass is 10.3. The van der Waals surface area contributed by atoms with E-state index in [4.69, 9.17) is 0 Å². The minimum absolute atomic E-state index is 0.0475. The molecule has 1 aromatic rings. The number of β-amino-alcohol motifs (C(OH)–C–C–N with tert-alkyl or cyclic N) is 1. The molecule has 1 unspecified atom stereocenters. The van der Waals surface area contributed by atoms with Gasteiger partial charge in [-0.2, -0.15) is 18.2 Å². The van der Waals surface area contributed by atoms with E-state index in [9.17, 15) is 18.3 Å². The van der Waals surface area contributed by atoms with Gasteiger partial charge < -0.3 is 15.3 Å². The number of aromatic nitrogens is 2. The third kappa shape index (κ3) is 3.25. The predicted molar refractivity (Wildman–Crippen MR) is 64.0 cm³/mol. The molecule has 1 atom stereocenters. The van der Waals surface area contributed by atoms with E-state index in [2.05, 4.69) is 15.3 Å². The van der Waals surface area contributed by atoms with Gasteiger partial charge in [-0.15, -0.1) is 0 Å². The maximum atomic E-state index is 12.8. The summed E-state index contributed by atoms with van der Waals surface area (Å²) in [7, 11) is 0. The standard InChI is InChI=1S/C11H15F3N4O/c1-2-15-10-16-8(11(12,13)14)5-9(17-10)18-4-3-7(19)6-18/h5,7,19H,2-4,6H2,1H3,(H,15,16,17). The predicted octanol–water partition coefficient (Wildman–Crippen LogP) is 1.50. The van der Waals surface area contributed by atoms with Gasteiger partial charge >= 0.3 is 6.18 Å². The highest BCUT2D eigenvalue weighted by atomic mass is 19.4. The number of alkyl halides is 3. The van der Waals surface area contributed by atoms with Gasteiger partial charge in [0.25, 0.3) is 0 Å². The van der Waals surface area contributed by atoms with Crippen LogP contribution in [0, 0.1) is 0 Å². The molecule has 0 amide bonds. The molecule has 1 saturated heterocycles. The molecule has 1 aromatic heterocycles. The zero-order valence-electron chi connectivity index (χ0n) is 10.4. The molecule has 1 fully saturated rings. The molecule has 0 spiro atoms. The first-order valence-corrected chi connectivity index (χ1v) is 6.03. The maximum Gasteiger partial charge on any atom is 0.433 e. The molecule has 8 heteroatoms. The summed E-state index contributed by atoms with van der Waals surface area (Å²) in [5.74, 6) is 0.142. The van der Waals surface area contributed by atoms with Crippen LogP contribution >= 0.6 is 0 Å². The van der Waals surface area contributed by atoms with Crippen LogP contribution in [0.1, 0.15) is 19.0 Å². The summed E-state index contributed by atoms with van der Waals surface area (Å²) in [4.78, 5) is 9.12. The van der Waals surface area contributed by atoms with E-state index >= 15 is 0 Å². The Bertz CT molecular complexity index is 452. The van der Waals surface area contributed by atoms with Gasteiger partial charge in [-0.3, -0.25) is 0 Å². The molecule has 2 rings (SSSR count). The molecule has 1 aliphatic rings. The van der Waals surface area contributed by atoms with E-state index in [-0.39, 0.29) is 11.8 Å². The van der Waals surface area contributed by atoms with Crippen LogP contribution in [0.25, 0.3) is 0 Å². The summed E-state index contributed by atoms with van der Waals surface area (Å²) in [5, 5.41) is 12.1. The quantitative estimate of drug-likeness (QED) is 0.876. The molecule has 106 valence electrons. The van der Waals surface area contributed by atoms with Crippen LogP contribution in [-0.2, 0) is 6.18 Å². The van der Waals surface area contributed by atoms with E-state index in [1.54, 1.807) is 11.8 Å². The highest BCUT2D eigenvalue weighted by Gasteiger charge is 2.34. The molecule has 2 heterocycles. The van der Waals surface area contributed by atoms with E-state index in [1.807, 2.05) is 0 Å².